The molecule has 1 atom stereocenters. The molecule has 0 aliphatic carbocycles. The quantitative estimate of drug-likeness (QED) is 0.558. The largest absolute Gasteiger partial charge is 0.490 e. The van der Waals surface area contributed by atoms with Crippen molar-refractivity contribution < 1.29 is 14.3 Å². The number of hydrogen-bond acceptors (Lipinski definition) is 6. The molecule has 2 amide bonds. The summed E-state index contributed by atoms with van der Waals surface area (Å²) in [4.78, 5) is 21.5. The van der Waals surface area contributed by atoms with Crippen molar-refractivity contribution in [3.05, 3.63) is 71.0 Å². The fourth-order valence-corrected chi connectivity index (χ4v) is 4.03. The molecule has 8 nitrogen and oxygen atoms in total. The fourth-order valence-electron chi connectivity index (χ4n) is 3.82. The van der Waals surface area contributed by atoms with Gasteiger partial charge in [0.15, 0.2) is 5.75 Å². The number of pyridine rings is 2. The Kier molecular flexibility index (Phi) is 5.42. The van der Waals surface area contributed by atoms with Crippen LogP contribution in [0.25, 0.3) is 11.3 Å². The Bertz CT molecular complexity index is 1150. The van der Waals surface area contributed by atoms with Crippen molar-refractivity contribution in [1.82, 2.24) is 15.3 Å². The monoisotopic (exact) mass is 451 g/mol. The number of nitrogens with zero attached hydrogens (tertiary/aromatic N) is 2. The smallest absolute Gasteiger partial charge is 0.320 e. The molecule has 1 aromatic carbocycles. The highest BCUT2D eigenvalue weighted by atomic mass is 35.5. The highest BCUT2D eigenvalue weighted by Gasteiger charge is 2.35. The van der Waals surface area contributed by atoms with E-state index >= 15 is 0 Å². The summed E-state index contributed by atoms with van der Waals surface area (Å²) in [5.74, 6) is 0.958. The molecule has 3 aromatic rings. The predicted octanol–water partition coefficient (Wildman–Crippen LogP) is 3.63. The van der Waals surface area contributed by atoms with Gasteiger partial charge in [0, 0.05) is 18.2 Å². The minimum Gasteiger partial charge on any atom is -0.490 e. The van der Waals surface area contributed by atoms with Gasteiger partial charge in [0.1, 0.15) is 11.5 Å². The topological polar surface area (TPSA) is 111 Å². The highest BCUT2D eigenvalue weighted by Crippen LogP contribution is 2.36. The number of carbonyl (C=O) groups is 1. The van der Waals surface area contributed by atoms with E-state index in [0.29, 0.717) is 48.5 Å². The van der Waals surface area contributed by atoms with Crippen LogP contribution in [0.4, 0.5) is 10.6 Å². The SMILES string of the molecule is NC1(c2ccc(-c3cccc(NC(=O)N[C@H]4CCOc5c(Cl)ccnc54)n3)cc2)COC1. The average molecular weight is 452 g/mol. The van der Waals surface area contributed by atoms with E-state index < -0.39 is 5.54 Å². The number of hydrogen-bond donors (Lipinski definition) is 3. The lowest BCUT2D eigenvalue weighted by Gasteiger charge is -2.38. The van der Waals surface area contributed by atoms with Crippen LogP contribution in [0.15, 0.2) is 54.7 Å². The summed E-state index contributed by atoms with van der Waals surface area (Å²) in [5, 5.41) is 6.21. The summed E-state index contributed by atoms with van der Waals surface area (Å²) in [6.07, 6.45) is 2.20. The number of ether oxygens (including phenoxy) is 2. The van der Waals surface area contributed by atoms with Gasteiger partial charge in [-0.05, 0) is 23.8 Å². The molecule has 4 heterocycles. The molecule has 0 radical (unpaired) electrons. The van der Waals surface area contributed by atoms with Crippen molar-refractivity contribution in [1.29, 1.82) is 0 Å². The van der Waals surface area contributed by atoms with E-state index in [1.54, 1.807) is 18.3 Å². The second-order valence-electron chi connectivity index (χ2n) is 7.93. The summed E-state index contributed by atoms with van der Waals surface area (Å²) >= 11 is 6.18. The van der Waals surface area contributed by atoms with Crippen LogP contribution in [-0.4, -0.2) is 35.8 Å². The first-order chi connectivity index (χ1) is 15.5. The standard InChI is InChI=1S/C23H22ClN5O3/c24-16-8-10-26-20-18(9-11-32-21(16)20)28-22(30)29-19-3-1-2-17(27-19)14-4-6-15(7-5-14)23(25)12-31-13-23/h1-8,10,18H,9,11-13,25H2,(H2,27,28,29,30)/t18-/m0/s1. The van der Waals surface area contributed by atoms with Gasteiger partial charge in [0.25, 0.3) is 0 Å². The molecule has 2 aliphatic rings. The van der Waals surface area contributed by atoms with Gasteiger partial charge in [0.05, 0.1) is 42.1 Å². The lowest BCUT2D eigenvalue weighted by atomic mass is 9.88. The molecule has 1 saturated heterocycles. The summed E-state index contributed by atoms with van der Waals surface area (Å²) in [6.45, 7) is 1.50. The first-order valence-electron chi connectivity index (χ1n) is 10.3. The number of nitrogens with two attached hydrogens (primary N) is 1. The number of aromatic nitrogens is 2. The van der Waals surface area contributed by atoms with E-state index in [0.717, 1.165) is 16.8 Å². The second-order valence-corrected chi connectivity index (χ2v) is 8.34. The van der Waals surface area contributed by atoms with E-state index in [1.165, 1.54) is 0 Å². The van der Waals surface area contributed by atoms with Gasteiger partial charge >= 0.3 is 6.03 Å². The van der Waals surface area contributed by atoms with Crippen LogP contribution in [0.5, 0.6) is 5.75 Å². The number of nitrogens with one attached hydrogen (secondary N) is 2. The van der Waals surface area contributed by atoms with Gasteiger partial charge < -0.3 is 20.5 Å². The normalized spacial score (nSPS) is 18.6. The number of carbonyl (C=O) groups excluding carboxylic acids is 1. The van der Waals surface area contributed by atoms with Gasteiger partial charge in [-0.3, -0.25) is 10.3 Å². The van der Waals surface area contributed by atoms with Gasteiger partial charge in [-0.1, -0.05) is 41.9 Å². The van der Waals surface area contributed by atoms with E-state index in [1.807, 2.05) is 36.4 Å². The van der Waals surface area contributed by atoms with Crippen molar-refractivity contribution in [2.24, 2.45) is 5.73 Å². The van der Waals surface area contributed by atoms with E-state index in [4.69, 9.17) is 26.8 Å². The molecule has 0 bridgehead atoms. The van der Waals surface area contributed by atoms with Crippen LogP contribution in [0.3, 0.4) is 0 Å². The minimum absolute atomic E-state index is 0.299. The lowest BCUT2D eigenvalue weighted by Crippen LogP contribution is -2.54. The third-order valence-electron chi connectivity index (χ3n) is 5.64. The zero-order chi connectivity index (χ0) is 22.1. The van der Waals surface area contributed by atoms with Crippen LogP contribution in [0.1, 0.15) is 23.7 Å². The number of rotatable bonds is 4. The molecule has 9 heteroatoms. The molecule has 164 valence electrons. The number of urea groups is 1. The van der Waals surface area contributed by atoms with Gasteiger partial charge in [-0.2, -0.15) is 0 Å². The second kappa shape index (κ2) is 8.38. The first kappa shape index (κ1) is 20.7. The molecule has 0 saturated carbocycles. The van der Waals surface area contributed by atoms with E-state index in [9.17, 15) is 4.79 Å². The summed E-state index contributed by atoms with van der Waals surface area (Å²) in [5.41, 5.74) is 9.21. The summed E-state index contributed by atoms with van der Waals surface area (Å²) < 4.78 is 10.8. The molecule has 4 N–H and O–H groups in total. The van der Waals surface area contributed by atoms with E-state index in [-0.39, 0.29) is 12.1 Å². The average Bonchev–Trinajstić information content (AvgIpc) is 2.78. The third kappa shape index (κ3) is 4.00. The maximum Gasteiger partial charge on any atom is 0.320 e. The van der Waals surface area contributed by atoms with Crippen molar-refractivity contribution in [3.8, 4) is 17.0 Å². The van der Waals surface area contributed by atoms with Crippen LogP contribution < -0.4 is 21.1 Å². The zero-order valence-electron chi connectivity index (χ0n) is 17.2. The Hall–Kier alpha value is -3.20. The summed E-state index contributed by atoms with van der Waals surface area (Å²) in [7, 11) is 0. The fraction of sp³-hybridized carbons (Fsp3) is 0.261. The molecule has 32 heavy (non-hydrogen) atoms. The Morgan fingerprint density at radius 1 is 1.16 bits per heavy atom. The molecular weight excluding hydrogens is 430 g/mol. The van der Waals surface area contributed by atoms with Crippen LogP contribution in [-0.2, 0) is 10.3 Å². The molecule has 0 spiro atoms. The molecule has 2 aromatic heterocycles. The Labute approximate surface area is 190 Å². The minimum atomic E-state index is -0.407. The van der Waals surface area contributed by atoms with Crippen molar-refractivity contribution in [2.75, 3.05) is 25.1 Å². The van der Waals surface area contributed by atoms with Crippen molar-refractivity contribution in [3.63, 3.8) is 0 Å². The number of fused-ring (bicyclic) bond motifs is 1. The van der Waals surface area contributed by atoms with Gasteiger partial charge in [-0.15, -0.1) is 0 Å². The predicted molar refractivity (Wildman–Crippen MR) is 121 cm³/mol. The Morgan fingerprint density at radius 2 is 1.97 bits per heavy atom. The first-order valence-corrected chi connectivity index (χ1v) is 10.7. The Morgan fingerprint density at radius 3 is 2.72 bits per heavy atom. The Balaban J connectivity index is 1.28. The number of benzene rings is 1. The highest BCUT2D eigenvalue weighted by molar-refractivity contribution is 6.32. The van der Waals surface area contributed by atoms with Crippen molar-refractivity contribution in [2.45, 2.75) is 18.0 Å². The maximum atomic E-state index is 12.6. The van der Waals surface area contributed by atoms with Crippen LogP contribution in [0.2, 0.25) is 5.02 Å². The maximum absolute atomic E-state index is 12.6. The van der Waals surface area contributed by atoms with Gasteiger partial charge in [-0.25, -0.2) is 9.78 Å². The van der Waals surface area contributed by atoms with Crippen LogP contribution >= 0.6 is 11.6 Å². The molecule has 5 rings (SSSR count). The molecular formula is C23H22ClN5O3. The molecule has 2 aliphatic heterocycles. The zero-order valence-corrected chi connectivity index (χ0v) is 17.9. The number of anilines is 1. The molecule has 1 fully saturated rings. The van der Waals surface area contributed by atoms with Crippen molar-refractivity contribution >= 4 is 23.4 Å². The lowest BCUT2D eigenvalue weighted by molar-refractivity contribution is -0.0569. The summed E-state index contributed by atoms with van der Waals surface area (Å²) in [6, 6.07) is 14.4. The van der Waals surface area contributed by atoms with E-state index in [2.05, 4.69) is 20.6 Å². The third-order valence-corrected chi connectivity index (χ3v) is 5.94. The number of amides is 2. The molecule has 0 unspecified atom stereocenters. The van der Waals surface area contributed by atoms with Crippen LogP contribution in [0, 0.1) is 0 Å². The van der Waals surface area contributed by atoms with Gasteiger partial charge in [0.2, 0.25) is 0 Å². The number of halogens is 1.